The Balaban J connectivity index is 3.73. The third-order valence-electron chi connectivity index (χ3n) is 14.9. The predicted molar refractivity (Wildman–Crippen MR) is 312 cm³/mol. The lowest BCUT2D eigenvalue weighted by atomic mass is 10.0. The molecule has 9 nitrogen and oxygen atoms in total. The average Bonchev–Trinajstić information content (AvgIpc) is 3.35. The molecule has 436 valence electrons. The molecule has 0 saturated carbocycles. The van der Waals surface area contributed by atoms with Crippen molar-refractivity contribution >= 4 is 19.8 Å². The van der Waals surface area contributed by atoms with Crippen LogP contribution in [0.2, 0.25) is 0 Å². The molecule has 0 spiro atoms. The highest BCUT2D eigenvalue weighted by Crippen LogP contribution is 2.43. The number of phosphoric ester groups is 1. The summed E-state index contributed by atoms with van der Waals surface area (Å²) in [7, 11) is 1.50. The number of ether oxygens (including phenoxy) is 2. The summed E-state index contributed by atoms with van der Waals surface area (Å²) in [4.78, 5) is 35.5. The fourth-order valence-corrected chi connectivity index (χ4v) is 10.6. The molecule has 0 aliphatic rings. The molecule has 0 rings (SSSR count). The Morgan fingerprint density at radius 3 is 0.877 bits per heavy atom. The van der Waals surface area contributed by atoms with Gasteiger partial charge in [0.25, 0.3) is 0 Å². The fourth-order valence-electron chi connectivity index (χ4n) is 9.90. The van der Waals surface area contributed by atoms with Crippen molar-refractivity contribution < 1.29 is 42.1 Å². The molecule has 0 saturated heterocycles. The van der Waals surface area contributed by atoms with E-state index in [1.165, 1.54) is 276 Å². The van der Waals surface area contributed by atoms with E-state index < -0.39 is 26.5 Å². The van der Waals surface area contributed by atoms with E-state index in [0.717, 1.165) is 38.5 Å². The number of likely N-dealkylation sites (N-methyl/N-ethyl adjacent to an activating group) is 1. The maximum Gasteiger partial charge on any atom is 0.472 e. The average molecular weight is 1060 g/mol. The lowest BCUT2D eigenvalue weighted by molar-refractivity contribution is -0.870. The van der Waals surface area contributed by atoms with Crippen LogP contribution >= 0.6 is 7.82 Å². The van der Waals surface area contributed by atoms with Gasteiger partial charge < -0.3 is 18.9 Å². The molecule has 0 radical (unpaired) electrons. The Morgan fingerprint density at radius 1 is 0.370 bits per heavy atom. The van der Waals surface area contributed by atoms with Gasteiger partial charge in [0.1, 0.15) is 19.8 Å². The van der Waals surface area contributed by atoms with Crippen molar-refractivity contribution in [1.82, 2.24) is 0 Å². The van der Waals surface area contributed by atoms with Crippen LogP contribution in [0, 0.1) is 0 Å². The minimum absolute atomic E-state index is 0.0370. The van der Waals surface area contributed by atoms with Gasteiger partial charge in [-0.05, 0) is 12.8 Å². The number of carbonyl (C=O) groups is 2. The van der Waals surface area contributed by atoms with E-state index in [1.807, 2.05) is 21.1 Å². The Bertz CT molecular complexity index is 1200. The summed E-state index contributed by atoms with van der Waals surface area (Å²) in [5.41, 5.74) is 0. The Kier molecular flexibility index (Phi) is 55.0. The molecule has 0 aliphatic heterocycles. The van der Waals surface area contributed by atoms with Gasteiger partial charge in [-0.15, -0.1) is 0 Å². The van der Waals surface area contributed by atoms with Crippen molar-refractivity contribution in [3.63, 3.8) is 0 Å². The summed E-state index contributed by atoms with van der Waals surface area (Å²) in [6, 6.07) is 0. The zero-order valence-corrected chi connectivity index (χ0v) is 50.6. The number of quaternary nitrogens is 1. The molecule has 73 heavy (non-hydrogen) atoms. The third kappa shape index (κ3) is 60.1. The van der Waals surface area contributed by atoms with Crippen LogP contribution in [0.1, 0.15) is 341 Å². The van der Waals surface area contributed by atoms with E-state index in [4.69, 9.17) is 18.5 Å². The Hall–Kier alpha value is -0.990. The number of esters is 2. The standard InChI is InChI=1S/C63H126NO8P/c1-6-8-10-12-14-16-17-18-19-20-21-22-23-24-25-26-27-28-29-30-31-32-33-34-35-36-37-38-39-40-41-42-43-44-45-46-48-50-52-54-56-63(66)72-61(60-71-73(67,68)70-58-57-64(3,4)5)59-69-62(65)55-53-51-49-47-15-13-11-9-7-2/h61H,6-60H2,1-5H3/p+1. The highest BCUT2D eigenvalue weighted by molar-refractivity contribution is 7.47. The predicted octanol–water partition coefficient (Wildman–Crippen LogP) is 20.2. The second kappa shape index (κ2) is 55.8. The van der Waals surface area contributed by atoms with E-state index >= 15 is 0 Å². The summed E-state index contributed by atoms with van der Waals surface area (Å²) < 4.78 is 34.4. The second-order valence-corrected chi connectivity index (χ2v) is 25.0. The summed E-state index contributed by atoms with van der Waals surface area (Å²) in [5, 5.41) is 0. The molecule has 0 aliphatic carbocycles. The normalized spacial score (nSPS) is 13.1. The van der Waals surface area contributed by atoms with Crippen molar-refractivity contribution in [2.24, 2.45) is 0 Å². The lowest BCUT2D eigenvalue weighted by Gasteiger charge is -2.24. The quantitative estimate of drug-likeness (QED) is 0.0278. The van der Waals surface area contributed by atoms with Gasteiger partial charge in [-0.25, -0.2) is 4.57 Å². The van der Waals surface area contributed by atoms with Crippen LogP contribution in [0.5, 0.6) is 0 Å². The van der Waals surface area contributed by atoms with Crippen molar-refractivity contribution in [2.45, 2.75) is 347 Å². The maximum atomic E-state index is 12.8. The van der Waals surface area contributed by atoms with E-state index in [0.29, 0.717) is 17.4 Å². The van der Waals surface area contributed by atoms with Gasteiger partial charge in [0.2, 0.25) is 0 Å². The van der Waals surface area contributed by atoms with Crippen LogP contribution in [-0.2, 0) is 32.7 Å². The molecule has 0 amide bonds. The number of unbranched alkanes of at least 4 members (excludes halogenated alkanes) is 47. The van der Waals surface area contributed by atoms with Crippen LogP contribution in [-0.4, -0.2) is 74.9 Å². The first-order valence-corrected chi connectivity index (χ1v) is 33.8. The monoisotopic (exact) mass is 1060 g/mol. The zero-order valence-electron chi connectivity index (χ0n) is 49.7. The molecule has 10 heteroatoms. The number of phosphoric acid groups is 1. The highest BCUT2D eigenvalue weighted by Gasteiger charge is 2.27. The second-order valence-electron chi connectivity index (χ2n) is 23.5. The Morgan fingerprint density at radius 2 is 0.616 bits per heavy atom. The molecule has 0 aromatic rings. The molecule has 0 bridgehead atoms. The van der Waals surface area contributed by atoms with Gasteiger partial charge in [-0.1, -0.05) is 316 Å². The fraction of sp³-hybridized carbons (Fsp3) is 0.968. The first-order valence-electron chi connectivity index (χ1n) is 32.3. The number of hydrogen-bond donors (Lipinski definition) is 1. The first kappa shape index (κ1) is 72.0. The van der Waals surface area contributed by atoms with Crippen molar-refractivity contribution in [3.8, 4) is 0 Å². The van der Waals surface area contributed by atoms with Gasteiger partial charge in [0.15, 0.2) is 6.10 Å². The third-order valence-corrected chi connectivity index (χ3v) is 15.9. The van der Waals surface area contributed by atoms with Crippen molar-refractivity contribution in [3.05, 3.63) is 0 Å². The molecule has 0 aromatic heterocycles. The molecule has 0 heterocycles. The summed E-state index contributed by atoms with van der Waals surface area (Å²) in [5.74, 6) is -0.781. The highest BCUT2D eigenvalue weighted by atomic mass is 31.2. The van der Waals surface area contributed by atoms with Crippen LogP contribution in [0.4, 0.5) is 0 Å². The summed E-state index contributed by atoms with van der Waals surface area (Å²) >= 11 is 0. The van der Waals surface area contributed by atoms with E-state index in [9.17, 15) is 19.0 Å². The van der Waals surface area contributed by atoms with Crippen LogP contribution in [0.25, 0.3) is 0 Å². The zero-order chi connectivity index (χ0) is 53.5. The topological polar surface area (TPSA) is 108 Å². The minimum atomic E-state index is -4.37. The van der Waals surface area contributed by atoms with Gasteiger partial charge in [-0.3, -0.25) is 18.6 Å². The molecule has 1 N–H and O–H groups in total. The van der Waals surface area contributed by atoms with E-state index in [1.54, 1.807) is 0 Å². The van der Waals surface area contributed by atoms with Gasteiger partial charge in [-0.2, -0.15) is 0 Å². The van der Waals surface area contributed by atoms with Crippen molar-refractivity contribution in [2.75, 3.05) is 47.5 Å². The number of rotatable bonds is 61. The molecular weight excluding hydrogens is 930 g/mol. The minimum Gasteiger partial charge on any atom is -0.462 e. The van der Waals surface area contributed by atoms with Gasteiger partial charge in [0.05, 0.1) is 27.7 Å². The molecule has 0 fully saturated rings. The SMILES string of the molecule is CCCCCCCCCCCCCCCCCCCCCCCCCCCCCCCCCCCCCCCCCCC(=O)OC(COC(=O)CCCCCCCCCCC)COP(=O)(O)OCC[N+](C)(C)C. The molecular formula is C63H127NO8P+. The molecule has 0 aromatic carbocycles. The Labute approximate surface area is 454 Å². The smallest absolute Gasteiger partial charge is 0.462 e. The first-order chi connectivity index (χ1) is 35.5. The number of carbonyl (C=O) groups excluding carboxylic acids is 2. The van der Waals surface area contributed by atoms with Crippen molar-refractivity contribution in [1.29, 1.82) is 0 Å². The van der Waals surface area contributed by atoms with Crippen LogP contribution in [0.3, 0.4) is 0 Å². The van der Waals surface area contributed by atoms with Gasteiger partial charge >= 0.3 is 19.8 Å². The molecule has 2 atom stereocenters. The number of nitrogens with zero attached hydrogens (tertiary/aromatic N) is 1. The maximum absolute atomic E-state index is 12.8. The van der Waals surface area contributed by atoms with Crippen LogP contribution < -0.4 is 0 Å². The summed E-state index contributed by atoms with van der Waals surface area (Å²) in [6.45, 7) is 4.46. The van der Waals surface area contributed by atoms with E-state index in [2.05, 4.69) is 13.8 Å². The molecule has 2 unspecified atom stereocenters. The van der Waals surface area contributed by atoms with Gasteiger partial charge in [0, 0.05) is 12.8 Å². The van der Waals surface area contributed by atoms with E-state index in [-0.39, 0.29) is 25.6 Å². The lowest BCUT2D eigenvalue weighted by Crippen LogP contribution is -2.37. The largest absolute Gasteiger partial charge is 0.472 e. The summed E-state index contributed by atoms with van der Waals surface area (Å²) in [6.07, 6.45) is 65.4. The van der Waals surface area contributed by atoms with Crippen LogP contribution in [0.15, 0.2) is 0 Å². The number of hydrogen-bond acceptors (Lipinski definition) is 7.